The minimum absolute atomic E-state index is 0.0188. The number of pyridine rings is 1. The summed E-state index contributed by atoms with van der Waals surface area (Å²) in [5.74, 6) is 1.22. The van der Waals surface area contributed by atoms with Crippen molar-refractivity contribution in [2.45, 2.75) is 50.0 Å². The second kappa shape index (κ2) is 9.02. The van der Waals surface area contributed by atoms with Crippen molar-refractivity contribution in [3.63, 3.8) is 0 Å². The summed E-state index contributed by atoms with van der Waals surface area (Å²) in [7, 11) is -7.29. The fourth-order valence-corrected chi connectivity index (χ4v) is 8.02. The van der Waals surface area contributed by atoms with Gasteiger partial charge in [0.1, 0.15) is 5.82 Å². The lowest BCUT2D eigenvalue weighted by Gasteiger charge is -2.36. The Kier molecular flexibility index (Phi) is 6.27. The zero-order valence-electron chi connectivity index (χ0n) is 20.8. The molecule has 0 bridgehead atoms. The van der Waals surface area contributed by atoms with Gasteiger partial charge >= 0.3 is 0 Å². The number of anilines is 2. The Hall–Kier alpha value is -2.66. The average Bonchev–Trinajstić information content (AvgIpc) is 3.63. The predicted molar refractivity (Wildman–Crippen MR) is 139 cm³/mol. The number of carbonyl (C=O) groups is 1. The number of aromatic nitrogens is 1. The molecule has 2 saturated heterocycles. The Balaban J connectivity index is 1.35. The number of hydrogen-bond donors (Lipinski definition) is 0. The summed E-state index contributed by atoms with van der Waals surface area (Å²) in [4.78, 5) is 21.8. The molecule has 1 aliphatic carbocycles. The van der Waals surface area contributed by atoms with Gasteiger partial charge in [0.15, 0.2) is 9.84 Å². The van der Waals surface area contributed by atoms with Crippen LogP contribution in [0.15, 0.2) is 35.4 Å². The maximum atomic E-state index is 13.4. The van der Waals surface area contributed by atoms with Crippen LogP contribution in [0, 0.1) is 6.92 Å². The minimum Gasteiger partial charge on any atom is -0.353 e. The van der Waals surface area contributed by atoms with Crippen molar-refractivity contribution >= 4 is 37.3 Å². The molecular weight excluding hydrogens is 500 g/mol. The lowest BCUT2D eigenvalue weighted by atomic mass is 10.1. The number of rotatable bonds is 5. The normalized spacial score (nSPS) is 22.2. The maximum Gasteiger partial charge on any atom is 0.255 e. The van der Waals surface area contributed by atoms with Crippen molar-refractivity contribution in [2.75, 3.05) is 47.4 Å². The average molecular weight is 533 g/mol. The molecule has 3 fully saturated rings. The van der Waals surface area contributed by atoms with Crippen LogP contribution in [0.1, 0.15) is 53.6 Å². The van der Waals surface area contributed by atoms with Crippen LogP contribution in [0.2, 0.25) is 0 Å². The van der Waals surface area contributed by atoms with Crippen LogP contribution in [0.5, 0.6) is 0 Å². The molecule has 3 heterocycles. The molecule has 3 aliphatic rings. The summed E-state index contributed by atoms with van der Waals surface area (Å²) in [6, 6.07) is 6.24. The molecule has 0 unspecified atom stereocenters. The first kappa shape index (κ1) is 25.0. The van der Waals surface area contributed by atoms with E-state index < -0.39 is 19.9 Å². The Morgan fingerprint density at radius 1 is 1.06 bits per heavy atom. The van der Waals surface area contributed by atoms with Crippen molar-refractivity contribution < 1.29 is 21.6 Å². The highest BCUT2D eigenvalue weighted by Gasteiger charge is 2.36. The first-order valence-electron chi connectivity index (χ1n) is 12.3. The Morgan fingerprint density at radius 3 is 2.31 bits per heavy atom. The van der Waals surface area contributed by atoms with Gasteiger partial charge in [-0.05, 0) is 68.4 Å². The number of nitrogens with zero attached hydrogens (tertiary/aromatic N) is 4. The zero-order chi connectivity index (χ0) is 25.8. The molecule has 0 radical (unpaired) electrons. The molecule has 0 N–H and O–H groups in total. The number of piperazine rings is 1. The van der Waals surface area contributed by atoms with Gasteiger partial charge in [0.25, 0.3) is 5.91 Å². The van der Waals surface area contributed by atoms with Crippen LogP contribution in [-0.4, -0.2) is 76.9 Å². The van der Waals surface area contributed by atoms with Gasteiger partial charge in [-0.25, -0.2) is 21.8 Å². The predicted octanol–water partition coefficient (Wildman–Crippen LogP) is 2.56. The number of sulfonamides is 1. The highest BCUT2D eigenvalue weighted by molar-refractivity contribution is 7.93. The molecular formula is C25H32N4O5S2. The van der Waals surface area contributed by atoms with E-state index in [1.54, 1.807) is 11.8 Å². The highest BCUT2D eigenvalue weighted by atomic mass is 32.2. The van der Waals surface area contributed by atoms with Gasteiger partial charge in [-0.1, -0.05) is 6.07 Å². The van der Waals surface area contributed by atoms with Crippen LogP contribution in [0.4, 0.5) is 11.5 Å². The highest BCUT2D eigenvalue weighted by Crippen LogP contribution is 2.40. The molecule has 11 heteroatoms. The van der Waals surface area contributed by atoms with Crippen LogP contribution < -0.4 is 9.21 Å². The molecule has 5 rings (SSSR count). The number of hydrogen-bond acceptors (Lipinski definition) is 7. The van der Waals surface area contributed by atoms with E-state index in [1.807, 2.05) is 6.20 Å². The van der Waals surface area contributed by atoms with E-state index in [0.29, 0.717) is 38.5 Å². The van der Waals surface area contributed by atoms with Gasteiger partial charge in [-0.3, -0.25) is 9.10 Å². The van der Waals surface area contributed by atoms with Gasteiger partial charge in [0, 0.05) is 44.7 Å². The summed E-state index contributed by atoms with van der Waals surface area (Å²) >= 11 is 0. The molecule has 1 aromatic heterocycles. The van der Waals surface area contributed by atoms with Crippen molar-refractivity contribution in [1.82, 2.24) is 9.88 Å². The zero-order valence-corrected chi connectivity index (χ0v) is 22.5. The van der Waals surface area contributed by atoms with E-state index in [1.165, 1.54) is 40.9 Å². The van der Waals surface area contributed by atoms with Crippen molar-refractivity contribution in [3.05, 3.63) is 47.2 Å². The molecule has 194 valence electrons. The standard InChI is InChI=1S/C25H32N4O5S2/c1-17-14-20(19-4-5-19)16-26-24(17)27-9-11-28(12-10-27)25(30)22-7-6-21(15-23(22)35(3,31)32)29-18(2)8-13-36(29,33)34/h6-7,14-16,18-19H,4-5,8-13H2,1-3H3/t18-/m1/s1. The third-order valence-corrected chi connectivity index (χ3v) is 10.4. The third-order valence-electron chi connectivity index (χ3n) is 7.33. The van der Waals surface area contributed by atoms with E-state index >= 15 is 0 Å². The van der Waals surface area contributed by atoms with E-state index in [0.717, 1.165) is 17.6 Å². The molecule has 1 aromatic carbocycles. The summed E-state index contributed by atoms with van der Waals surface area (Å²) in [6.45, 7) is 5.92. The molecule has 9 nitrogen and oxygen atoms in total. The van der Waals surface area contributed by atoms with E-state index in [9.17, 15) is 21.6 Å². The quantitative estimate of drug-likeness (QED) is 0.582. The maximum absolute atomic E-state index is 13.4. The van der Waals surface area contributed by atoms with Gasteiger partial charge in [-0.2, -0.15) is 0 Å². The fourth-order valence-electron chi connectivity index (χ4n) is 5.21. The van der Waals surface area contributed by atoms with Gasteiger partial charge in [0.2, 0.25) is 10.0 Å². The topological polar surface area (TPSA) is 108 Å². The third kappa shape index (κ3) is 4.70. The summed E-state index contributed by atoms with van der Waals surface area (Å²) < 4.78 is 51.6. The molecule has 36 heavy (non-hydrogen) atoms. The molecule has 1 saturated carbocycles. The number of amides is 1. The molecule has 1 amide bonds. The van der Waals surface area contributed by atoms with Crippen LogP contribution >= 0.6 is 0 Å². The van der Waals surface area contributed by atoms with Crippen LogP contribution in [0.3, 0.4) is 0 Å². The second-order valence-electron chi connectivity index (χ2n) is 10.2. The molecule has 2 aromatic rings. The molecule has 2 aliphatic heterocycles. The van der Waals surface area contributed by atoms with E-state index in [2.05, 4.69) is 17.9 Å². The number of benzene rings is 1. The number of aryl methyl sites for hydroxylation is 1. The summed E-state index contributed by atoms with van der Waals surface area (Å²) in [5.41, 5.74) is 2.76. The van der Waals surface area contributed by atoms with Crippen LogP contribution in [0.25, 0.3) is 0 Å². The van der Waals surface area contributed by atoms with Crippen molar-refractivity contribution in [2.24, 2.45) is 0 Å². The van der Waals surface area contributed by atoms with Gasteiger partial charge < -0.3 is 9.80 Å². The second-order valence-corrected chi connectivity index (χ2v) is 14.1. The van der Waals surface area contributed by atoms with Crippen LogP contribution in [-0.2, 0) is 19.9 Å². The van der Waals surface area contributed by atoms with E-state index in [4.69, 9.17) is 4.98 Å². The lowest BCUT2D eigenvalue weighted by molar-refractivity contribution is 0.0742. The SMILES string of the molecule is Cc1cc(C2CC2)cnc1N1CCN(C(=O)c2ccc(N3[C@H](C)CCS3(=O)=O)cc2S(C)(=O)=O)CC1. The molecule has 1 atom stereocenters. The van der Waals surface area contributed by atoms with E-state index in [-0.39, 0.29) is 33.8 Å². The monoisotopic (exact) mass is 532 g/mol. The summed E-state index contributed by atoms with van der Waals surface area (Å²) in [6.07, 6.45) is 5.93. The fraction of sp³-hybridized carbons (Fsp3) is 0.520. The first-order chi connectivity index (χ1) is 17.0. The van der Waals surface area contributed by atoms with Crippen molar-refractivity contribution in [1.29, 1.82) is 0 Å². The molecule has 0 spiro atoms. The first-order valence-corrected chi connectivity index (χ1v) is 15.8. The lowest BCUT2D eigenvalue weighted by Crippen LogP contribution is -2.49. The number of carbonyl (C=O) groups excluding carboxylic acids is 1. The Morgan fingerprint density at radius 2 is 1.75 bits per heavy atom. The van der Waals surface area contributed by atoms with Gasteiger partial charge in [-0.15, -0.1) is 0 Å². The smallest absolute Gasteiger partial charge is 0.255 e. The Bertz CT molecular complexity index is 1410. The summed E-state index contributed by atoms with van der Waals surface area (Å²) in [5, 5.41) is 0. The number of sulfone groups is 1. The van der Waals surface area contributed by atoms with Crippen molar-refractivity contribution in [3.8, 4) is 0 Å². The minimum atomic E-state index is -3.78. The Labute approximate surface area is 213 Å². The largest absolute Gasteiger partial charge is 0.353 e. The van der Waals surface area contributed by atoms with Gasteiger partial charge in [0.05, 0.1) is 21.9 Å².